The van der Waals surface area contributed by atoms with Gasteiger partial charge in [0.25, 0.3) is 0 Å². The average molecular weight is 221 g/mol. The number of hydrogen-bond donors (Lipinski definition) is 1. The molecule has 1 aliphatic rings. The number of nitrogens with zero attached hydrogens (tertiary/aromatic N) is 3. The van der Waals surface area contributed by atoms with E-state index in [0.29, 0.717) is 6.04 Å². The zero-order chi connectivity index (χ0) is 11.2. The van der Waals surface area contributed by atoms with Crippen LogP contribution in [0.15, 0.2) is 18.5 Å². The monoisotopic (exact) mass is 221 g/mol. The maximum atomic E-state index is 9.09. The van der Waals surface area contributed by atoms with Gasteiger partial charge in [-0.3, -0.25) is 4.90 Å². The molecule has 1 N–H and O–H groups in total. The third-order valence-corrected chi connectivity index (χ3v) is 3.19. The minimum atomic E-state index is 0.212. The fourth-order valence-electron chi connectivity index (χ4n) is 2.38. The Morgan fingerprint density at radius 2 is 1.94 bits per heavy atom. The molecule has 0 bridgehead atoms. The van der Waals surface area contributed by atoms with E-state index in [1.807, 2.05) is 6.07 Å². The van der Waals surface area contributed by atoms with Crippen LogP contribution < -0.4 is 0 Å². The smallest absolute Gasteiger partial charge is 0.142 e. The van der Waals surface area contributed by atoms with Crippen molar-refractivity contribution in [3.8, 4) is 0 Å². The van der Waals surface area contributed by atoms with Gasteiger partial charge in [0.15, 0.2) is 0 Å². The Morgan fingerprint density at radius 1 is 1.25 bits per heavy atom. The Morgan fingerprint density at radius 3 is 2.56 bits per heavy atom. The van der Waals surface area contributed by atoms with Crippen molar-refractivity contribution in [1.29, 1.82) is 0 Å². The van der Waals surface area contributed by atoms with Crippen molar-refractivity contribution in [2.24, 2.45) is 0 Å². The van der Waals surface area contributed by atoms with E-state index in [4.69, 9.17) is 5.11 Å². The maximum absolute atomic E-state index is 9.09. The highest BCUT2D eigenvalue weighted by Gasteiger charge is 2.22. The SMILES string of the molecule is OCCN(Cc1ncccn1)C1CCCC1. The molecule has 1 heterocycles. The van der Waals surface area contributed by atoms with Gasteiger partial charge in [0, 0.05) is 25.0 Å². The van der Waals surface area contributed by atoms with Gasteiger partial charge in [-0.2, -0.15) is 0 Å². The molecule has 1 fully saturated rings. The van der Waals surface area contributed by atoms with Gasteiger partial charge in [-0.25, -0.2) is 9.97 Å². The molecule has 0 spiro atoms. The van der Waals surface area contributed by atoms with E-state index in [1.54, 1.807) is 12.4 Å². The molecule has 0 unspecified atom stereocenters. The molecule has 4 heteroatoms. The van der Waals surface area contributed by atoms with E-state index < -0.39 is 0 Å². The topological polar surface area (TPSA) is 49.2 Å². The summed E-state index contributed by atoms with van der Waals surface area (Å²) in [6.07, 6.45) is 8.65. The second-order valence-electron chi connectivity index (χ2n) is 4.30. The van der Waals surface area contributed by atoms with Crippen molar-refractivity contribution in [3.63, 3.8) is 0 Å². The van der Waals surface area contributed by atoms with E-state index in [0.717, 1.165) is 18.9 Å². The molecular weight excluding hydrogens is 202 g/mol. The van der Waals surface area contributed by atoms with E-state index in [2.05, 4.69) is 14.9 Å². The van der Waals surface area contributed by atoms with Crippen molar-refractivity contribution >= 4 is 0 Å². The summed E-state index contributed by atoms with van der Waals surface area (Å²) in [6, 6.07) is 2.44. The second kappa shape index (κ2) is 5.92. The van der Waals surface area contributed by atoms with E-state index >= 15 is 0 Å². The Hall–Kier alpha value is -1.00. The van der Waals surface area contributed by atoms with Gasteiger partial charge in [0.1, 0.15) is 5.82 Å². The highest BCUT2D eigenvalue weighted by molar-refractivity contribution is 4.90. The highest BCUT2D eigenvalue weighted by Crippen LogP contribution is 2.24. The van der Waals surface area contributed by atoms with E-state index in [-0.39, 0.29) is 6.61 Å². The van der Waals surface area contributed by atoms with Gasteiger partial charge in [0.2, 0.25) is 0 Å². The Labute approximate surface area is 96.3 Å². The van der Waals surface area contributed by atoms with E-state index in [1.165, 1.54) is 25.7 Å². The molecule has 88 valence electrons. The number of rotatable bonds is 5. The number of aromatic nitrogens is 2. The van der Waals surface area contributed by atoms with Gasteiger partial charge >= 0.3 is 0 Å². The molecule has 16 heavy (non-hydrogen) atoms. The minimum absolute atomic E-state index is 0.212. The lowest BCUT2D eigenvalue weighted by atomic mass is 10.2. The zero-order valence-corrected chi connectivity index (χ0v) is 9.55. The summed E-state index contributed by atoms with van der Waals surface area (Å²) >= 11 is 0. The number of aliphatic hydroxyl groups excluding tert-OH is 1. The first-order valence-electron chi connectivity index (χ1n) is 6.01. The number of aliphatic hydroxyl groups is 1. The quantitative estimate of drug-likeness (QED) is 0.812. The van der Waals surface area contributed by atoms with Crippen LogP contribution in [-0.2, 0) is 6.54 Å². The molecule has 0 amide bonds. The largest absolute Gasteiger partial charge is 0.395 e. The molecule has 4 nitrogen and oxygen atoms in total. The molecule has 0 aromatic carbocycles. The van der Waals surface area contributed by atoms with Crippen LogP contribution in [0.3, 0.4) is 0 Å². The molecule has 0 radical (unpaired) electrons. The molecule has 1 aromatic heterocycles. The Bertz CT molecular complexity index is 298. The van der Waals surface area contributed by atoms with Gasteiger partial charge < -0.3 is 5.11 Å². The van der Waals surface area contributed by atoms with Gasteiger partial charge in [0.05, 0.1) is 13.2 Å². The third-order valence-electron chi connectivity index (χ3n) is 3.19. The summed E-state index contributed by atoms with van der Waals surface area (Å²) in [5.41, 5.74) is 0. The van der Waals surface area contributed by atoms with Gasteiger partial charge in [-0.1, -0.05) is 12.8 Å². The summed E-state index contributed by atoms with van der Waals surface area (Å²) in [4.78, 5) is 10.8. The molecule has 0 aliphatic heterocycles. The lowest BCUT2D eigenvalue weighted by molar-refractivity contribution is 0.141. The fourth-order valence-corrected chi connectivity index (χ4v) is 2.38. The van der Waals surface area contributed by atoms with Crippen molar-refractivity contribution in [1.82, 2.24) is 14.9 Å². The summed E-state index contributed by atoms with van der Waals surface area (Å²) < 4.78 is 0. The normalized spacial score (nSPS) is 17.1. The summed E-state index contributed by atoms with van der Waals surface area (Å²) in [6.45, 7) is 1.69. The Balaban J connectivity index is 1.96. The zero-order valence-electron chi connectivity index (χ0n) is 9.55. The molecule has 1 saturated carbocycles. The van der Waals surface area contributed by atoms with Crippen molar-refractivity contribution in [2.75, 3.05) is 13.2 Å². The number of hydrogen-bond acceptors (Lipinski definition) is 4. The predicted octanol–water partition coefficient (Wildman–Crippen LogP) is 1.21. The predicted molar refractivity (Wildman–Crippen MR) is 61.8 cm³/mol. The molecule has 2 rings (SSSR count). The lowest BCUT2D eigenvalue weighted by Crippen LogP contribution is -2.35. The van der Waals surface area contributed by atoms with Crippen LogP contribution in [0.25, 0.3) is 0 Å². The van der Waals surface area contributed by atoms with Crippen molar-refractivity contribution < 1.29 is 5.11 Å². The average Bonchev–Trinajstić information content (AvgIpc) is 2.83. The summed E-state index contributed by atoms with van der Waals surface area (Å²) in [7, 11) is 0. The first kappa shape index (κ1) is 11.5. The first-order valence-corrected chi connectivity index (χ1v) is 6.01. The van der Waals surface area contributed by atoms with Crippen molar-refractivity contribution in [2.45, 2.75) is 38.3 Å². The molecule has 0 saturated heterocycles. The second-order valence-corrected chi connectivity index (χ2v) is 4.30. The minimum Gasteiger partial charge on any atom is -0.395 e. The van der Waals surface area contributed by atoms with E-state index in [9.17, 15) is 0 Å². The molecule has 1 aromatic rings. The van der Waals surface area contributed by atoms with Gasteiger partial charge in [-0.15, -0.1) is 0 Å². The molecular formula is C12H19N3O. The maximum Gasteiger partial charge on any atom is 0.142 e. The lowest BCUT2D eigenvalue weighted by Gasteiger charge is -2.27. The first-order chi connectivity index (χ1) is 7.90. The van der Waals surface area contributed by atoms with Crippen LogP contribution in [0, 0.1) is 0 Å². The molecule has 0 atom stereocenters. The van der Waals surface area contributed by atoms with Crippen LogP contribution >= 0.6 is 0 Å². The van der Waals surface area contributed by atoms with Crippen LogP contribution in [0.1, 0.15) is 31.5 Å². The van der Waals surface area contributed by atoms with Crippen LogP contribution in [0.4, 0.5) is 0 Å². The highest BCUT2D eigenvalue weighted by atomic mass is 16.3. The van der Waals surface area contributed by atoms with Crippen LogP contribution in [0.5, 0.6) is 0 Å². The van der Waals surface area contributed by atoms with Crippen LogP contribution in [-0.4, -0.2) is 39.2 Å². The molecule has 1 aliphatic carbocycles. The third kappa shape index (κ3) is 3.00. The fraction of sp³-hybridized carbons (Fsp3) is 0.667. The summed E-state index contributed by atoms with van der Waals surface area (Å²) in [5.74, 6) is 0.850. The van der Waals surface area contributed by atoms with Gasteiger partial charge in [-0.05, 0) is 18.9 Å². The summed E-state index contributed by atoms with van der Waals surface area (Å²) in [5, 5.41) is 9.09. The Kier molecular flexibility index (Phi) is 4.25. The van der Waals surface area contributed by atoms with Crippen molar-refractivity contribution in [3.05, 3.63) is 24.3 Å². The standard InChI is InChI=1S/C12H19N3O/c16-9-8-15(11-4-1-2-5-11)10-12-13-6-3-7-14-12/h3,6-7,11,16H,1-2,4-5,8-10H2. The van der Waals surface area contributed by atoms with Crippen LogP contribution in [0.2, 0.25) is 0 Å².